The van der Waals surface area contributed by atoms with E-state index in [0.29, 0.717) is 18.1 Å². The van der Waals surface area contributed by atoms with Crippen molar-refractivity contribution >= 4 is 40.0 Å². The van der Waals surface area contributed by atoms with E-state index in [9.17, 15) is 9.59 Å². The van der Waals surface area contributed by atoms with Crippen molar-refractivity contribution in [2.75, 3.05) is 18.0 Å². The van der Waals surface area contributed by atoms with Gasteiger partial charge in [-0.3, -0.25) is 9.59 Å². The van der Waals surface area contributed by atoms with Crippen LogP contribution in [0, 0.1) is 12.8 Å². The Labute approximate surface area is 168 Å². The minimum absolute atomic E-state index is 0.0397. The van der Waals surface area contributed by atoms with Crippen LogP contribution in [-0.4, -0.2) is 29.9 Å². The Morgan fingerprint density at radius 1 is 1.29 bits per heavy atom. The van der Waals surface area contributed by atoms with Crippen molar-refractivity contribution in [1.29, 1.82) is 0 Å². The molecule has 0 spiro atoms. The van der Waals surface area contributed by atoms with Crippen molar-refractivity contribution in [2.45, 2.75) is 19.8 Å². The third-order valence-electron chi connectivity index (χ3n) is 5.33. The third-order valence-corrected chi connectivity index (χ3v) is 5.56. The first-order valence-corrected chi connectivity index (χ1v) is 9.80. The summed E-state index contributed by atoms with van der Waals surface area (Å²) in [5.41, 5.74) is 4.03. The SMILES string of the molecule is Cc1ccc(Cl)cc1N1CC(C(=O)NCCc2c[nH]c3ccccc23)CC1=O. The zero-order valence-electron chi connectivity index (χ0n) is 15.7. The van der Waals surface area contributed by atoms with Gasteiger partial charge in [-0.2, -0.15) is 0 Å². The van der Waals surface area contributed by atoms with E-state index in [1.54, 1.807) is 17.0 Å². The van der Waals surface area contributed by atoms with Crippen molar-refractivity contribution in [2.24, 2.45) is 5.92 Å². The molecule has 1 aliphatic rings. The number of rotatable bonds is 5. The van der Waals surface area contributed by atoms with E-state index in [1.165, 1.54) is 10.9 Å². The Kier molecular flexibility index (Phi) is 5.09. The molecule has 1 unspecified atom stereocenters. The lowest BCUT2D eigenvalue weighted by atomic mass is 10.1. The van der Waals surface area contributed by atoms with Crippen LogP contribution in [0.25, 0.3) is 10.9 Å². The number of carbonyl (C=O) groups is 2. The summed E-state index contributed by atoms with van der Waals surface area (Å²) in [5.74, 6) is -0.452. The first kappa shape index (κ1) is 18.6. The van der Waals surface area contributed by atoms with E-state index in [2.05, 4.69) is 16.4 Å². The minimum atomic E-state index is -0.339. The number of hydrogen-bond acceptors (Lipinski definition) is 2. The number of H-pyrrole nitrogens is 1. The number of nitrogens with zero attached hydrogens (tertiary/aromatic N) is 1. The fourth-order valence-corrected chi connectivity index (χ4v) is 3.96. The van der Waals surface area contributed by atoms with E-state index >= 15 is 0 Å². The van der Waals surface area contributed by atoms with Crippen LogP contribution in [0.5, 0.6) is 0 Å². The fraction of sp³-hybridized carbons (Fsp3) is 0.273. The molecular weight excluding hydrogens is 374 g/mol. The topological polar surface area (TPSA) is 65.2 Å². The summed E-state index contributed by atoms with van der Waals surface area (Å²) in [4.78, 5) is 30.0. The van der Waals surface area contributed by atoms with Gasteiger partial charge in [0, 0.05) is 47.3 Å². The molecule has 2 N–H and O–H groups in total. The zero-order valence-corrected chi connectivity index (χ0v) is 16.4. The molecule has 1 aliphatic heterocycles. The molecule has 5 nitrogen and oxygen atoms in total. The number of amides is 2. The second-order valence-corrected chi connectivity index (χ2v) is 7.67. The summed E-state index contributed by atoms with van der Waals surface area (Å²) in [6, 6.07) is 13.6. The molecule has 6 heteroatoms. The van der Waals surface area contributed by atoms with E-state index in [1.807, 2.05) is 37.4 Å². The number of aryl methyl sites for hydroxylation is 1. The molecule has 1 saturated heterocycles. The van der Waals surface area contributed by atoms with E-state index in [0.717, 1.165) is 23.2 Å². The summed E-state index contributed by atoms with van der Waals surface area (Å²) >= 11 is 6.08. The number of aromatic nitrogens is 1. The lowest BCUT2D eigenvalue weighted by molar-refractivity contribution is -0.126. The van der Waals surface area contributed by atoms with E-state index in [-0.39, 0.29) is 24.2 Å². The highest BCUT2D eigenvalue weighted by molar-refractivity contribution is 6.31. The number of hydrogen-bond donors (Lipinski definition) is 2. The second kappa shape index (κ2) is 7.68. The predicted molar refractivity (Wildman–Crippen MR) is 112 cm³/mol. The van der Waals surface area contributed by atoms with Crippen LogP contribution in [-0.2, 0) is 16.0 Å². The van der Waals surface area contributed by atoms with Gasteiger partial charge in [-0.05, 0) is 42.7 Å². The van der Waals surface area contributed by atoms with Crippen molar-refractivity contribution in [3.05, 3.63) is 64.8 Å². The highest BCUT2D eigenvalue weighted by Gasteiger charge is 2.35. The summed E-state index contributed by atoms with van der Waals surface area (Å²) in [5, 5.41) is 4.75. The van der Waals surface area contributed by atoms with Crippen LogP contribution < -0.4 is 10.2 Å². The number of anilines is 1. The van der Waals surface area contributed by atoms with Crippen molar-refractivity contribution in [1.82, 2.24) is 10.3 Å². The average molecular weight is 396 g/mol. The van der Waals surface area contributed by atoms with Gasteiger partial charge < -0.3 is 15.2 Å². The molecule has 28 heavy (non-hydrogen) atoms. The number of aromatic amines is 1. The lowest BCUT2D eigenvalue weighted by Crippen LogP contribution is -2.34. The first-order chi connectivity index (χ1) is 13.5. The molecular formula is C22H22ClN3O2. The van der Waals surface area contributed by atoms with Gasteiger partial charge in [0.25, 0.3) is 0 Å². The fourth-order valence-electron chi connectivity index (χ4n) is 3.79. The molecule has 0 bridgehead atoms. The van der Waals surface area contributed by atoms with Crippen LogP contribution in [0.15, 0.2) is 48.7 Å². The van der Waals surface area contributed by atoms with Gasteiger partial charge >= 0.3 is 0 Å². The summed E-state index contributed by atoms with van der Waals surface area (Å²) in [6.45, 7) is 2.87. The van der Waals surface area contributed by atoms with E-state index < -0.39 is 0 Å². The van der Waals surface area contributed by atoms with Gasteiger partial charge in [0.05, 0.1) is 5.92 Å². The van der Waals surface area contributed by atoms with Gasteiger partial charge in [-0.25, -0.2) is 0 Å². The standard InChI is InChI=1S/C22H22ClN3O2/c1-14-6-7-17(23)11-20(14)26-13-16(10-21(26)27)22(28)24-9-8-15-12-25-19-5-3-2-4-18(15)19/h2-7,11-12,16,25H,8-10,13H2,1H3,(H,24,28). The van der Waals surface area contributed by atoms with Crippen LogP contribution in [0.2, 0.25) is 5.02 Å². The molecule has 1 fully saturated rings. The number of fused-ring (bicyclic) bond motifs is 1. The van der Waals surface area contributed by atoms with Crippen LogP contribution in [0.4, 0.5) is 5.69 Å². The molecule has 3 aromatic rings. The highest BCUT2D eigenvalue weighted by atomic mass is 35.5. The van der Waals surface area contributed by atoms with Gasteiger partial charge in [0.15, 0.2) is 0 Å². The quantitative estimate of drug-likeness (QED) is 0.689. The van der Waals surface area contributed by atoms with Gasteiger partial charge in [0.2, 0.25) is 11.8 Å². The Bertz CT molecular complexity index is 1040. The molecule has 1 aromatic heterocycles. The maximum Gasteiger partial charge on any atom is 0.227 e. The summed E-state index contributed by atoms with van der Waals surface area (Å²) < 4.78 is 0. The highest BCUT2D eigenvalue weighted by Crippen LogP contribution is 2.30. The predicted octanol–water partition coefficient (Wildman–Crippen LogP) is 3.84. The maximum atomic E-state index is 12.6. The van der Waals surface area contributed by atoms with Crippen LogP contribution in [0.3, 0.4) is 0 Å². The largest absolute Gasteiger partial charge is 0.361 e. The van der Waals surface area contributed by atoms with Crippen LogP contribution >= 0.6 is 11.6 Å². The number of benzene rings is 2. The normalized spacial score (nSPS) is 16.7. The Morgan fingerprint density at radius 3 is 2.96 bits per heavy atom. The minimum Gasteiger partial charge on any atom is -0.361 e. The number of nitrogens with one attached hydrogen (secondary N) is 2. The summed E-state index contributed by atoms with van der Waals surface area (Å²) in [6.07, 6.45) is 2.96. The third kappa shape index (κ3) is 3.62. The molecule has 1 atom stereocenters. The molecule has 144 valence electrons. The Morgan fingerprint density at radius 2 is 2.11 bits per heavy atom. The number of carbonyl (C=O) groups excluding carboxylic acids is 2. The van der Waals surface area contributed by atoms with Gasteiger partial charge in [-0.15, -0.1) is 0 Å². The van der Waals surface area contributed by atoms with Crippen molar-refractivity contribution < 1.29 is 9.59 Å². The van der Waals surface area contributed by atoms with E-state index in [4.69, 9.17) is 11.6 Å². The molecule has 0 aliphatic carbocycles. The Balaban J connectivity index is 1.36. The van der Waals surface area contributed by atoms with Gasteiger partial charge in [0.1, 0.15) is 0 Å². The smallest absolute Gasteiger partial charge is 0.227 e. The molecule has 0 radical (unpaired) electrons. The lowest BCUT2D eigenvalue weighted by Gasteiger charge is -2.19. The van der Waals surface area contributed by atoms with Gasteiger partial charge in [-0.1, -0.05) is 35.9 Å². The zero-order chi connectivity index (χ0) is 19.7. The average Bonchev–Trinajstić information content (AvgIpc) is 3.27. The molecule has 4 rings (SSSR count). The summed E-state index contributed by atoms with van der Waals surface area (Å²) in [7, 11) is 0. The van der Waals surface area contributed by atoms with Crippen molar-refractivity contribution in [3.8, 4) is 0 Å². The maximum absolute atomic E-state index is 12.6. The molecule has 2 aromatic carbocycles. The molecule has 0 saturated carbocycles. The first-order valence-electron chi connectivity index (χ1n) is 9.42. The second-order valence-electron chi connectivity index (χ2n) is 7.24. The monoisotopic (exact) mass is 395 g/mol. The molecule has 2 amide bonds. The number of halogens is 1. The molecule has 2 heterocycles. The number of para-hydroxylation sites is 1. The van der Waals surface area contributed by atoms with Crippen molar-refractivity contribution in [3.63, 3.8) is 0 Å². The van der Waals surface area contributed by atoms with Crippen LogP contribution in [0.1, 0.15) is 17.5 Å². The Hall–Kier alpha value is -2.79.